The van der Waals surface area contributed by atoms with E-state index in [-0.39, 0.29) is 11.9 Å². The molecular weight excluding hydrogens is 346 g/mol. The van der Waals surface area contributed by atoms with E-state index in [1.54, 1.807) is 25.4 Å². The zero-order valence-corrected chi connectivity index (χ0v) is 14.8. The third kappa shape index (κ3) is 3.12. The molecule has 1 N–H and O–H groups in total. The number of carbonyl (C=O) groups excluding carboxylic acids is 1. The standard InChI is InChI=1S/C19H17N5O3/c1-12(16-9-13-5-3-7-15(26-2)17(13)27-16)23-19(25)14-6-4-8-21-18(14)24-11-20-10-22-24/h3-12H,1-2H3,(H,23,25). The van der Waals surface area contributed by atoms with Crippen molar-refractivity contribution in [3.05, 3.63) is 66.6 Å². The molecule has 0 aliphatic heterocycles. The summed E-state index contributed by atoms with van der Waals surface area (Å²) in [6.07, 6.45) is 4.48. The van der Waals surface area contributed by atoms with Crippen LogP contribution >= 0.6 is 0 Å². The zero-order chi connectivity index (χ0) is 18.8. The molecule has 0 saturated carbocycles. The second kappa shape index (κ2) is 6.91. The number of carbonyl (C=O) groups is 1. The SMILES string of the molecule is COc1cccc2cc(C(C)NC(=O)c3cccnc3-n3cncn3)oc12. The molecule has 4 rings (SSSR count). The van der Waals surface area contributed by atoms with Crippen molar-refractivity contribution in [3.63, 3.8) is 0 Å². The van der Waals surface area contributed by atoms with Crippen molar-refractivity contribution in [2.24, 2.45) is 0 Å². The predicted molar refractivity (Wildman–Crippen MR) is 97.8 cm³/mol. The lowest BCUT2D eigenvalue weighted by Crippen LogP contribution is -2.27. The van der Waals surface area contributed by atoms with E-state index >= 15 is 0 Å². The molecule has 0 aliphatic carbocycles. The molecule has 1 aromatic carbocycles. The Labute approximate surface area is 154 Å². The number of ether oxygens (including phenoxy) is 1. The minimum atomic E-state index is -0.349. The fraction of sp³-hybridized carbons (Fsp3) is 0.158. The van der Waals surface area contributed by atoms with Gasteiger partial charge in [0.05, 0.1) is 18.7 Å². The van der Waals surface area contributed by atoms with E-state index in [1.165, 1.54) is 17.3 Å². The molecule has 0 fully saturated rings. The van der Waals surface area contributed by atoms with E-state index in [0.29, 0.717) is 28.5 Å². The Morgan fingerprint density at radius 3 is 2.96 bits per heavy atom. The highest BCUT2D eigenvalue weighted by atomic mass is 16.5. The van der Waals surface area contributed by atoms with Crippen LogP contribution in [0.1, 0.15) is 29.1 Å². The summed E-state index contributed by atoms with van der Waals surface area (Å²) in [5.41, 5.74) is 1.05. The van der Waals surface area contributed by atoms with Crippen LogP contribution in [0.3, 0.4) is 0 Å². The average Bonchev–Trinajstić information content (AvgIpc) is 3.37. The highest BCUT2D eigenvalue weighted by molar-refractivity contribution is 5.97. The molecule has 4 aromatic rings. The maximum atomic E-state index is 12.8. The van der Waals surface area contributed by atoms with Crippen LogP contribution in [0, 0.1) is 0 Å². The maximum absolute atomic E-state index is 12.8. The van der Waals surface area contributed by atoms with Gasteiger partial charge in [0, 0.05) is 11.6 Å². The first-order valence-corrected chi connectivity index (χ1v) is 8.34. The smallest absolute Gasteiger partial charge is 0.255 e. The number of fused-ring (bicyclic) bond motifs is 1. The van der Waals surface area contributed by atoms with E-state index < -0.39 is 0 Å². The molecule has 3 heterocycles. The molecule has 0 saturated heterocycles. The number of furan rings is 1. The Kier molecular flexibility index (Phi) is 4.29. The van der Waals surface area contributed by atoms with E-state index in [9.17, 15) is 4.79 Å². The molecule has 0 bridgehead atoms. The lowest BCUT2D eigenvalue weighted by Gasteiger charge is -2.13. The van der Waals surface area contributed by atoms with Crippen LogP contribution in [0.5, 0.6) is 5.75 Å². The summed E-state index contributed by atoms with van der Waals surface area (Å²) in [5.74, 6) is 1.41. The Balaban J connectivity index is 1.61. The maximum Gasteiger partial charge on any atom is 0.255 e. The quantitative estimate of drug-likeness (QED) is 0.586. The number of methoxy groups -OCH3 is 1. The molecule has 8 heteroatoms. The number of para-hydroxylation sites is 1. The number of rotatable bonds is 5. The molecule has 1 atom stereocenters. The van der Waals surface area contributed by atoms with Crippen molar-refractivity contribution in [3.8, 4) is 11.6 Å². The normalized spacial score (nSPS) is 12.1. The number of aromatic nitrogens is 4. The van der Waals surface area contributed by atoms with Crippen molar-refractivity contribution < 1.29 is 13.9 Å². The lowest BCUT2D eigenvalue weighted by molar-refractivity contribution is 0.0935. The van der Waals surface area contributed by atoms with Gasteiger partial charge in [-0.25, -0.2) is 14.6 Å². The van der Waals surface area contributed by atoms with Gasteiger partial charge in [-0.15, -0.1) is 0 Å². The Morgan fingerprint density at radius 2 is 2.19 bits per heavy atom. The first kappa shape index (κ1) is 16.8. The van der Waals surface area contributed by atoms with Crippen LogP contribution in [0.15, 0.2) is 59.7 Å². The van der Waals surface area contributed by atoms with Gasteiger partial charge in [-0.05, 0) is 31.2 Å². The van der Waals surface area contributed by atoms with Gasteiger partial charge in [-0.1, -0.05) is 12.1 Å². The lowest BCUT2D eigenvalue weighted by atomic mass is 10.2. The minimum Gasteiger partial charge on any atom is -0.493 e. The summed E-state index contributed by atoms with van der Waals surface area (Å²) < 4.78 is 12.7. The highest BCUT2D eigenvalue weighted by Crippen LogP contribution is 2.31. The average molecular weight is 363 g/mol. The predicted octanol–water partition coefficient (Wildman–Crippen LogP) is 2.91. The summed E-state index contributed by atoms with van der Waals surface area (Å²) in [5, 5.41) is 7.90. The van der Waals surface area contributed by atoms with Gasteiger partial charge < -0.3 is 14.5 Å². The number of hydrogen-bond donors (Lipinski definition) is 1. The molecule has 136 valence electrons. The summed E-state index contributed by atoms with van der Waals surface area (Å²) in [4.78, 5) is 20.9. The number of hydrogen-bond acceptors (Lipinski definition) is 6. The molecule has 0 aliphatic rings. The summed E-state index contributed by atoms with van der Waals surface area (Å²) >= 11 is 0. The van der Waals surface area contributed by atoms with E-state index in [0.717, 1.165) is 5.39 Å². The topological polar surface area (TPSA) is 95.1 Å². The van der Waals surface area contributed by atoms with Crippen molar-refractivity contribution in [1.29, 1.82) is 0 Å². The summed E-state index contributed by atoms with van der Waals surface area (Å²) in [6.45, 7) is 1.85. The number of amides is 1. The molecule has 0 radical (unpaired) electrons. The Morgan fingerprint density at radius 1 is 1.30 bits per heavy atom. The number of nitrogens with zero attached hydrogens (tertiary/aromatic N) is 4. The van der Waals surface area contributed by atoms with Crippen LogP contribution in [0.25, 0.3) is 16.8 Å². The van der Waals surface area contributed by atoms with Crippen LogP contribution < -0.4 is 10.1 Å². The second-order valence-electron chi connectivity index (χ2n) is 5.94. The summed E-state index contributed by atoms with van der Waals surface area (Å²) in [7, 11) is 1.59. The van der Waals surface area contributed by atoms with Crippen molar-refractivity contribution >= 4 is 16.9 Å². The van der Waals surface area contributed by atoms with Gasteiger partial charge in [-0.2, -0.15) is 5.10 Å². The van der Waals surface area contributed by atoms with Crippen molar-refractivity contribution in [2.45, 2.75) is 13.0 Å². The minimum absolute atomic E-state index is 0.284. The molecule has 0 spiro atoms. The molecule has 1 unspecified atom stereocenters. The molecule has 27 heavy (non-hydrogen) atoms. The first-order valence-electron chi connectivity index (χ1n) is 8.34. The van der Waals surface area contributed by atoms with Crippen LogP contribution in [-0.2, 0) is 0 Å². The van der Waals surface area contributed by atoms with Gasteiger partial charge >= 0.3 is 0 Å². The zero-order valence-electron chi connectivity index (χ0n) is 14.8. The van der Waals surface area contributed by atoms with Gasteiger partial charge in [0.15, 0.2) is 17.2 Å². The number of pyridine rings is 1. The molecular formula is C19H17N5O3. The first-order chi connectivity index (χ1) is 13.2. The number of benzene rings is 1. The molecule has 3 aromatic heterocycles. The van der Waals surface area contributed by atoms with E-state index in [1.807, 2.05) is 31.2 Å². The highest BCUT2D eigenvalue weighted by Gasteiger charge is 2.20. The third-order valence-corrected chi connectivity index (χ3v) is 4.19. The van der Waals surface area contributed by atoms with Crippen molar-refractivity contribution in [2.75, 3.05) is 7.11 Å². The van der Waals surface area contributed by atoms with Gasteiger partial charge in [-0.3, -0.25) is 4.79 Å². The van der Waals surface area contributed by atoms with Crippen molar-refractivity contribution in [1.82, 2.24) is 25.1 Å². The Bertz CT molecular complexity index is 1090. The van der Waals surface area contributed by atoms with E-state index in [2.05, 4.69) is 20.4 Å². The van der Waals surface area contributed by atoms with Crippen LogP contribution in [-0.4, -0.2) is 32.8 Å². The third-order valence-electron chi connectivity index (χ3n) is 4.19. The van der Waals surface area contributed by atoms with Gasteiger partial charge in [0.1, 0.15) is 18.4 Å². The fourth-order valence-electron chi connectivity index (χ4n) is 2.85. The monoisotopic (exact) mass is 363 g/mol. The van der Waals surface area contributed by atoms with Gasteiger partial charge in [0.25, 0.3) is 5.91 Å². The Hall–Kier alpha value is -3.68. The van der Waals surface area contributed by atoms with Crippen LogP contribution in [0.2, 0.25) is 0 Å². The van der Waals surface area contributed by atoms with E-state index in [4.69, 9.17) is 9.15 Å². The molecule has 8 nitrogen and oxygen atoms in total. The summed E-state index contributed by atoms with van der Waals surface area (Å²) in [6, 6.07) is 10.6. The largest absolute Gasteiger partial charge is 0.493 e. The number of nitrogens with one attached hydrogen (secondary N) is 1. The second-order valence-corrected chi connectivity index (χ2v) is 5.94. The van der Waals surface area contributed by atoms with Crippen LogP contribution in [0.4, 0.5) is 0 Å². The molecule has 1 amide bonds. The van der Waals surface area contributed by atoms with Gasteiger partial charge in [0.2, 0.25) is 0 Å². The fourth-order valence-corrected chi connectivity index (χ4v) is 2.85.